The number of sulfonamides is 1. The Morgan fingerprint density at radius 2 is 2.00 bits per heavy atom. The first-order valence-corrected chi connectivity index (χ1v) is 7.23. The summed E-state index contributed by atoms with van der Waals surface area (Å²) >= 11 is 3.23. The molecule has 0 aromatic heterocycles. The molecule has 0 aliphatic carbocycles. The van der Waals surface area contributed by atoms with E-state index in [1.807, 2.05) is 13.8 Å². The monoisotopic (exact) mass is 287 g/mol. The third-order valence-corrected chi connectivity index (χ3v) is 4.03. The van der Waals surface area contributed by atoms with E-state index in [0.29, 0.717) is 11.9 Å². The van der Waals surface area contributed by atoms with E-state index in [1.165, 1.54) is 0 Å². The molecule has 0 amide bonds. The van der Waals surface area contributed by atoms with Gasteiger partial charge in [0.15, 0.2) is 0 Å². The quantitative estimate of drug-likeness (QED) is 0.710. The molecule has 0 aliphatic rings. The van der Waals surface area contributed by atoms with Crippen LogP contribution in [0.5, 0.6) is 0 Å². The first-order chi connectivity index (χ1) is 6.41. The Hall–Kier alpha value is 0.350. The summed E-state index contributed by atoms with van der Waals surface area (Å²) in [6.07, 6.45) is 0. The Morgan fingerprint density at radius 3 is 2.36 bits per heavy atom. The summed E-state index contributed by atoms with van der Waals surface area (Å²) in [6, 6.07) is -0.191. The van der Waals surface area contributed by atoms with Crippen LogP contribution < -0.4 is 4.72 Å². The summed E-state index contributed by atoms with van der Waals surface area (Å²) in [7, 11) is -1.63. The smallest absolute Gasteiger partial charge is 0.212 e. The molecule has 14 heavy (non-hydrogen) atoms. The molecule has 86 valence electrons. The number of methoxy groups -OCH3 is 1. The highest BCUT2D eigenvalue weighted by molar-refractivity contribution is 9.09. The highest BCUT2D eigenvalue weighted by Gasteiger charge is 2.17. The van der Waals surface area contributed by atoms with Crippen molar-refractivity contribution in [3.05, 3.63) is 0 Å². The number of alkyl halides is 1. The maximum Gasteiger partial charge on any atom is 0.212 e. The Morgan fingerprint density at radius 1 is 1.43 bits per heavy atom. The zero-order valence-corrected chi connectivity index (χ0v) is 11.2. The molecule has 0 rings (SSSR count). The third kappa shape index (κ3) is 6.75. The normalized spacial score (nSPS) is 14.6. The molecule has 0 fully saturated rings. The van der Waals surface area contributed by atoms with Crippen molar-refractivity contribution < 1.29 is 13.2 Å². The van der Waals surface area contributed by atoms with Gasteiger partial charge in [0.2, 0.25) is 10.0 Å². The van der Waals surface area contributed by atoms with E-state index in [4.69, 9.17) is 4.74 Å². The summed E-state index contributed by atoms with van der Waals surface area (Å²) in [5.74, 6) is 0.284. The topological polar surface area (TPSA) is 55.4 Å². The van der Waals surface area contributed by atoms with Gasteiger partial charge < -0.3 is 4.74 Å². The van der Waals surface area contributed by atoms with E-state index >= 15 is 0 Å². The zero-order valence-electron chi connectivity index (χ0n) is 8.79. The SMILES string of the molecule is COCC(CBr)NS(=O)(=O)CC(C)C. The van der Waals surface area contributed by atoms with Crippen molar-refractivity contribution in [2.75, 3.05) is 24.8 Å². The molecule has 0 radical (unpaired) electrons. The van der Waals surface area contributed by atoms with Gasteiger partial charge in [0.1, 0.15) is 0 Å². The predicted octanol–water partition coefficient (Wildman–Crippen LogP) is 0.972. The number of nitrogens with one attached hydrogen (secondary N) is 1. The summed E-state index contributed by atoms with van der Waals surface area (Å²) in [6.45, 7) is 4.12. The number of hydrogen-bond donors (Lipinski definition) is 1. The fraction of sp³-hybridized carbons (Fsp3) is 1.00. The molecule has 6 heteroatoms. The average Bonchev–Trinajstić information content (AvgIpc) is 2.00. The molecule has 0 aromatic carbocycles. The van der Waals surface area contributed by atoms with Gasteiger partial charge in [-0.05, 0) is 5.92 Å². The first kappa shape index (κ1) is 14.3. The van der Waals surface area contributed by atoms with Crippen molar-refractivity contribution in [2.45, 2.75) is 19.9 Å². The van der Waals surface area contributed by atoms with Crippen LogP contribution >= 0.6 is 15.9 Å². The van der Waals surface area contributed by atoms with Crippen LogP contribution in [0.15, 0.2) is 0 Å². The molecule has 0 saturated carbocycles. The highest BCUT2D eigenvalue weighted by atomic mass is 79.9. The summed E-state index contributed by atoms with van der Waals surface area (Å²) in [4.78, 5) is 0. The van der Waals surface area contributed by atoms with Gasteiger partial charge in [-0.25, -0.2) is 13.1 Å². The fourth-order valence-corrected chi connectivity index (χ4v) is 3.25. The summed E-state index contributed by atoms with van der Waals surface area (Å²) in [5, 5.41) is 0.554. The molecule has 0 bridgehead atoms. The van der Waals surface area contributed by atoms with E-state index < -0.39 is 10.0 Å². The Kier molecular flexibility index (Phi) is 6.93. The minimum Gasteiger partial charge on any atom is -0.383 e. The van der Waals surface area contributed by atoms with Crippen molar-refractivity contribution in [3.8, 4) is 0 Å². The van der Waals surface area contributed by atoms with Gasteiger partial charge in [-0.15, -0.1) is 0 Å². The second kappa shape index (κ2) is 6.76. The van der Waals surface area contributed by atoms with Crippen LogP contribution in [-0.2, 0) is 14.8 Å². The summed E-state index contributed by atoms with van der Waals surface area (Å²) in [5.41, 5.74) is 0. The van der Waals surface area contributed by atoms with Gasteiger partial charge in [0.05, 0.1) is 18.4 Å². The van der Waals surface area contributed by atoms with E-state index in [0.717, 1.165) is 0 Å². The maximum absolute atomic E-state index is 11.5. The van der Waals surface area contributed by atoms with E-state index in [-0.39, 0.29) is 17.7 Å². The average molecular weight is 288 g/mol. The molecule has 4 nitrogen and oxygen atoms in total. The van der Waals surface area contributed by atoms with Crippen LogP contribution in [0.4, 0.5) is 0 Å². The maximum atomic E-state index is 11.5. The number of ether oxygens (including phenoxy) is 1. The van der Waals surface area contributed by atoms with Crippen LogP contribution in [0, 0.1) is 5.92 Å². The van der Waals surface area contributed by atoms with E-state index in [9.17, 15) is 8.42 Å². The van der Waals surface area contributed by atoms with Gasteiger partial charge >= 0.3 is 0 Å². The standard InChI is InChI=1S/C8H18BrNO3S/c1-7(2)6-14(11,12)10-8(4-9)5-13-3/h7-8,10H,4-6H2,1-3H3. The number of hydrogen-bond acceptors (Lipinski definition) is 3. The molecule has 0 spiro atoms. The van der Waals surface area contributed by atoms with Gasteiger partial charge in [0.25, 0.3) is 0 Å². The van der Waals surface area contributed by atoms with Gasteiger partial charge in [0, 0.05) is 12.4 Å². The molecule has 1 atom stereocenters. The fourth-order valence-electron chi connectivity index (χ4n) is 1.05. The zero-order chi connectivity index (χ0) is 11.2. The third-order valence-electron chi connectivity index (χ3n) is 1.45. The number of halogens is 1. The lowest BCUT2D eigenvalue weighted by molar-refractivity contribution is 0.181. The molecule has 0 saturated heterocycles. The molecule has 0 aliphatic heterocycles. The van der Waals surface area contributed by atoms with E-state index in [2.05, 4.69) is 20.7 Å². The lowest BCUT2D eigenvalue weighted by atomic mass is 10.3. The van der Waals surface area contributed by atoms with Crippen LogP contribution in [0.2, 0.25) is 0 Å². The Balaban J connectivity index is 4.18. The van der Waals surface area contributed by atoms with Crippen LogP contribution in [-0.4, -0.2) is 39.3 Å². The van der Waals surface area contributed by atoms with Gasteiger partial charge in [-0.2, -0.15) is 0 Å². The van der Waals surface area contributed by atoms with E-state index in [1.54, 1.807) is 7.11 Å². The van der Waals surface area contributed by atoms with Crippen molar-refractivity contribution in [1.29, 1.82) is 0 Å². The molecule has 1 N–H and O–H groups in total. The van der Waals surface area contributed by atoms with Gasteiger partial charge in [-0.1, -0.05) is 29.8 Å². The molecule has 0 aromatic rings. The lowest BCUT2D eigenvalue weighted by Gasteiger charge is -2.16. The van der Waals surface area contributed by atoms with Crippen molar-refractivity contribution in [2.24, 2.45) is 5.92 Å². The van der Waals surface area contributed by atoms with Crippen LogP contribution in [0.3, 0.4) is 0 Å². The Bertz CT molecular complexity index is 241. The van der Waals surface area contributed by atoms with Crippen molar-refractivity contribution in [3.63, 3.8) is 0 Å². The predicted molar refractivity (Wildman–Crippen MR) is 61.2 cm³/mol. The minimum absolute atomic E-state index is 0.131. The molecular formula is C8H18BrNO3S. The minimum atomic E-state index is -3.17. The highest BCUT2D eigenvalue weighted by Crippen LogP contribution is 2.01. The Labute approximate surface area is 94.6 Å². The molecule has 0 heterocycles. The van der Waals surface area contributed by atoms with Crippen LogP contribution in [0.25, 0.3) is 0 Å². The van der Waals surface area contributed by atoms with Crippen LogP contribution in [0.1, 0.15) is 13.8 Å². The second-order valence-electron chi connectivity index (χ2n) is 3.60. The molecule has 1 unspecified atom stereocenters. The lowest BCUT2D eigenvalue weighted by Crippen LogP contribution is -2.41. The molecular weight excluding hydrogens is 270 g/mol. The van der Waals surface area contributed by atoms with Crippen molar-refractivity contribution in [1.82, 2.24) is 4.72 Å². The summed E-state index contributed by atoms with van der Waals surface area (Å²) < 4.78 is 30.5. The number of rotatable bonds is 7. The second-order valence-corrected chi connectivity index (χ2v) is 6.05. The largest absolute Gasteiger partial charge is 0.383 e. The van der Waals surface area contributed by atoms with Crippen molar-refractivity contribution >= 4 is 26.0 Å². The van der Waals surface area contributed by atoms with Gasteiger partial charge in [-0.3, -0.25) is 0 Å². The first-order valence-electron chi connectivity index (χ1n) is 4.46.